The molecular weight excluding hydrogens is 320 g/mol. The van der Waals surface area contributed by atoms with Crippen LogP contribution in [0.15, 0.2) is 36.4 Å². The molecule has 0 fully saturated rings. The molecule has 0 saturated carbocycles. The second-order valence-corrected chi connectivity index (χ2v) is 7.27. The first kappa shape index (κ1) is 20.7. The first-order valence-corrected chi connectivity index (χ1v) is 10.2. The van der Waals surface area contributed by atoms with Crippen LogP contribution in [0.2, 0.25) is 0 Å². The molecule has 0 aliphatic rings. The van der Waals surface area contributed by atoms with Crippen LogP contribution in [0.3, 0.4) is 0 Å². The van der Waals surface area contributed by atoms with Crippen LogP contribution in [0, 0.1) is 0 Å². The number of hydrogen-bond acceptors (Lipinski definition) is 3. The maximum Gasteiger partial charge on any atom is 0.119 e. The van der Waals surface area contributed by atoms with Gasteiger partial charge in [-0.3, -0.25) is 0 Å². The van der Waals surface area contributed by atoms with Crippen molar-refractivity contribution in [1.82, 2.24) is 10.2 Å². The van der Waals surface area contributed by atoms with Crippen LogP contribution < -0.4 is 10.1 Å². The third-order valence-electron chi connectivity index (χ3n) is 5.00. The molecule has 0 radical (unpaired) electrons. The standard InChI is InChI=1S/C23H36N2O/c1-5-13-25(14-6-2)15-7-12-24-18-19(3)20-8-9-22-17-23(26-4)11-10-21(22)16-20/h8-11,16-17,19,24H,5-7,12-15,18H2,1-4H3. The summed E-state index contributed by atoms with van der Waals surface area (Å²) in [6.07, 6.45) is 3.72. The van der Waals surface area contributed by atoms with Crippen molar-refractivity contribution >= 4 is 10.8 Å². The summed E-state index contributed by atoms with van der Waals surface area (Å²) in [6, 6.07) is 13.0. The summed E-state index contributed by atoms with van der Waals surface area (Å²) >= 11 is 0. The molecule has 144 valence electrons. The van der Waals surface area contributed by atoms with Gasteiger partial charge in [0.15, 0.2) is 0 Å². The van der Waals surface area contributed by atoms with E-state index in [9.17, 15) is 0 Å². The summed E-state index contributed by atoms with van der Waals surface area (Å²) in [5, 5.41) is 6.16. The molecule has 0 amide bonds. The van der Waals surface area contributed by atoms with Gasteiger partial charge in [-0.1, -0.05) is 45.0 Å². The molecule has 0 aliphatic carbocycles. The van der Waals surface area contributed by atoms with Crippen molar-refractivity contribution in [3.05, 3.63) is 42.0 Å². The highest BCUT2D eigenvalue weighted by Crippen LogP contribution is 2.24. The number of fused-ring (bicyclic) bond motifs is 1. The molecule has 2 aromatic rings. The zero-order valence-electron chi connectivity index (χ0n) is 17.1. The Kier molecular flexibility index (Phi) is 8.93. The van der Waals surface area contributed by atoms with Crippen LogP contribution >= 0.6 is 0 Å². The lowest BCUT2D eigenvalue weighted by Gasteiger charge is -2.21. The third-order valence-corrected chi connectivity index (χ3v) is 5.00. The largest absolute Gasteiger partial charge is 0.497 e. The van der Waals surface area contributed by atoms with Gasteiger partial charge in [0.25, 0.3) is 0 Å². The summed E-state index contributed by atoms with van der Waals surface area (Å²) in [6.45, 7) is 12.6. The number of methoxy groups -OCH3 is 1. The van der Waals surface area contributed by atoms with Gasteiger partial charge in [0.05, 0.1) is 7.11 Å². The van der Waals surface area contributed by atoms with E-state index in [1.165, 1.54) is 55.2 Å². The maximum atomic E-state index is 5.31. The minimum absolute atomic E-state index is 0.517. The summed E-state index contributed by atoms with van der Waals surface area (Å²) in [7, 11) is 1.72. The Bertz CT molecular complexity index is 650. The number of nitrogens with one attached hydrogen (secondary N) is 1. The van der Waals surface area contributed by atoms with Gasteiger partial charge >= 0.3 is 0 Å². The molecular formula is C23H36N2O. The normalized spacial score (nSPS) is 12.7. The average Bonchev–Trinajstić information content (AvgIpc) is 2.67. The minimum atomic E-state index is 0.517. The molecule has 1 N–H and O–H groups in total. The van der Waals surface area contributed by atoms with Crippen molar-refractivity contribution in [2.75, 3.05) is 39.8 Å². The van der Waals surface area contributed by atoms with Gasteiger partial charge in [-0.2, -0.15) is 0 Å². The summed E-state index contributed by atoms with van der Waals surface area (Å²) in [5.74, 6) is 1.43. The van der Waals surface area contributed by atoms with Gasteiger partial charge in [0.1, 0.15) is 5.75 Å². The van der Waals surface area contributed by atoms with Gasteiger partial charge in [-0.05, 0) is 79.8 Å². The number of rotatable bonds is 12. The maximum absolute atomic E-state index is 5.31. The molecule has 2 rings (SSSR count). The van der Waals surface area contributed by atoms with Gasteiger partial charge in [0, 0.05) is 6.54 Å². The lowest BCUT2D eigenvalue weighted by Crippen LogP contribution is -2.30. The molecule has 0 aromatic heterocycles. The highest BCUT2D eigenvalue weighted by Gasteiger charge is 2.07. The van der Waals surface area contributed by atoms with E-state index in [1.54, 1.807) is 7.11 Å². The molecule has 1 atom stereocenters. The summed E-state index contributed by atoms with van der Waals surface area (Å²) < 4.78 is 5.31. The highest BCUT2D eigenvalue weighted by molar-refractivity contribution is 5.84. The molecule has 1 unspecified atom stereocenters. The Morgan fingerprint density at radius 2 is 1.65 bits per heavy atom. The smallest absolute Gasteiger partial charge is 0.119 e. The summed E-state index contributed by atoms with van der Waals surface area (Å²) in [4.78, 5) is 2.59. The zero-order chi connectivity index (χ0) is 18.8. The van der Waals surface area contributed by atoms with Crippen LogP contribution in [0.5, 0.6) is 5.75 Å². The first-order chi connectivity index (χ1) is 12.7. The first-order valence-electron chi connectivity index (χ1n) is 10.2. The van der Waals surface area contributed by atoms with Crippen molar-refractivity contribution in [3.8, 4) is 5.75 Å². The molecule has 2 aromatic carbocycles. The van der Waals surface area contributed by atoms with Crippen LogP contribution in [-0.2, 0) is 0 Å². The van der Waals surface area contributed by atoms with Crippen molar-refractivity contribution < 1.29 is 4.74 Å². The van der Waals surface area contributed by atoms with E-state index < -0.39 is 0 Å². The van der Waals surface area contributed by atoms with E-state index in [1.807, 2.05) is 6.07 Å². The van der Waals surface area contributed by atoms with Crippen LogP contribution in [-0.4, -0.2) is 44.7 Å². The van der Waals surface area contributed by atoms with Crippen LogP contribution in [0.4, 0.5) is 0 Å². The molecule has 0 saturated heterocycles. The van der Waals surface area contributed by atoms with Crippen molar-refractivity contribution in [1.29, 1.82) is 0 Å². The molecule has 0 aliphatic heterocycles. The Morgan fingerprint density at radius 1 is 0.962 bits per heavy atom. The lowest BCUT2D eigenvalue weighted by molar-refractivity contribution is 0.270. The van der Waals surface area contributed by atoms with Gasteiger partial charge in [-0.25, -0.2) is 0 Å². The highest BCUT2D eigenvalue weighted by atomic mass is 16.5. The Labute approximate surface area is 159 Å². The predicted molar refractivity (Wildman–Crippen MR) is 113 cm³/mol. The van der Waals surface area contributed by atoms with Crippen molar-refractivity contribution in [3.63, 3.8) is 0 Å². The van der Waals surface area contributed by atoms with Crippen molar-refractivity contribution in [2.45, 2.75) is 46.0 Å². The predicted octanol–water partition coefficient (Wildman–Crippen LogP) is 5.05. The van der Waals surface area contributed by atoms with Crippen molar-refractivity contribution in [2.24, 2.45) is 0 Å². The van der Waals surface area contributed by atoms with E-state index in [4.69, 9.17) is 4.74 Å². The quantitative estimate of drug-likeness (QED) is 0.538. The molecule has 26 heavy (non-hydrogen) atoms. The van der Waals surface area contributed by atoms with E-state index >= 15 is 0 Å². The zero-order valence-corrected chi connectivity index (χ0v) is 17.1. The molecule has 3 nitrogen and oxygen atoms in total. The fraction of sp³-hybridized carbons (Fsp3) is 0.565. The second kappa shape index (κ2) is 11.2. The molecule has 0 spiro atoms. The van der Waals surface area contributed by atoms with Crippen LogP contribution in [0.1, 0.15) is 51.5 Å². The second-order valence-electron chi connectivity index (χ2n) is 7.27. The van der Waals surface area contributed by atoms with E-state index in [0.717, 1.165) is 18.8 Å². The van der Waals surface area contributed by atoms with Gasteiger partial charge < -0.3 is 15.0 Å². The Hall–Kier alpha value is -1.58. The molecule has 3 heteroatoms. The molecule has 0 heterocycles. The summed E-state index contributed by atoms with van der Waals surface area (Å²) in [5.41, 5.74) is 1.40. The average molecular weight is 357 g/mol. The monoisotopic (exact) mass is 356 g/mol. The van der Waals surface area contributed by atoms with Gasteiger partial charge in [-0.15, -0.1) is 0 Å². The third kappa shape index (κ3) is 6.30. The van der Waals surface area contributed by atoms with E-state index in [-0.39, 0.29) is 0 Å². The fourth-order valence-corrected chi connectivity index (χ4v) is 3.51. The number of hydrogen-bond donors (Lipinski definition) is 1. The van der Waals surface area contributed by atoms with E-state index in [0.29, 0.717) is 5.92 Å². The van der Waals surface area contributed by atoms with Gasteiger partial charge in [0.2, 0.25) is 0 Å². The molecule has 0 bridgehead atoms. The minimum Gasteiger partial charge on any atom is -0.497 e. The number of nitrogens with zero attached hydrogens (tertiary/aromatic N) is 1. The van der Waals surface area contributed by atoms with E-state index in [2.05, 4.69) is 61.3 Å². The fourth-order valence-electron chi connectivity index (χ4n) is 3.51. The lowest BCUT2D eigenvalue weighted by atomic mass is 9.97. The topological polar surface area (TPSA) is 24.5 Å². The van der Waals surface area contributed by atoms with Crippen LogP contribution in [0.25, 0.3) is 10.8 Å². The number of benzene rings is 2. The Balaban J connectivity index is 1.78. The number of ether oxygens (including phenoxy) is 1. The Morgan fingerprint density at radius 3 is 2.35 bits per heavy atom. The SMILES string of the molecule is CCCN(CCC)CCCNCC(C)c1ccc2cc(OC)ccc2c1.